The summed E-state index contributed by atoms with van der Waals surface area (Å²) in [5, 5.41) is 5.52. The monoisotopic (exact) mass is 302 g/mol. The van der Waals surface area contributed by atoms with Gasteiger partial charge in [-0.3, -0.25) is 0 Å². The summed E-state index contributed by atoms with van der Waals surface area (Å²) in [6.45, 7) is 0. The summed E-state index contributed by atoms with van der Waals surface area (Å²) in [5.74, 6) is 0.811. The van der Waals surface area contributed by atoms with Gasteiger partial charge in [0, 0.05) is 9.86 Å². The minimum Gasteiger partial charge on any atom is -0.494 e. The summed E-state index contributed by atoms with van der Waals surface area (Å²) >= 11 is 3.46. The van der Waals surface area contributed by atoms with Crippen molar-refractivity contribution in [1.29, 1.82) is 0 Å². The van der Waals surface area contributed by atoms with Crippen LogP contribution in [-0.2, 0) is 0 Å². The summed E-state index contributed by atoms with van der Waals surface area (Å²) in [6, 6.07) is 14.0. The van der Waals surface area contributed by atoms with Crippen LogP contribution < -0.4 is 4.74 Å². The van der Waals surface area contributed by atoms with Crippen molar-refractivity contribution in [3.8, 4) is 11.4 Å². The highest BCUT2D eigenvalue weighted by Gasteiger charge is 2.09. The Bertz CT molecular complexity index is 706. The van der Waals surface area contributed by atoms with Crippen LogP contribution in [0.5, 0.6) is 5.75 Å². The Morgan fingerprint density at radius 2 is 2.00 bits per heavy atom. The van der Waals surface area contributed by atoms with E-state index < -0.39 is 0 Å². The maximum atomic E-state index is 5.37. The molecule has 0 bridgehead atoms. The zero-order chi connectivity index (χ0) is 12.5. The molecule has 3 aromatic rings. The zero-order valence-corrected chi connectivity index (χ0v) is 11.4. The van der Waals surface area contributed by atoms with Gasteiger partial charge in [0.1, 0.15) is 11.4 Å². The molecule has 0 saturated carbocycles. The van der Waals surface area contributed by atoms with Crippen molar-refractivity contribution in [3.63, 3.8) is 0 Å². The number of para-hydroxylation sites is 2. The third-order valence-corrected chi connectivity index (χ3v) is 3.34. The van der Waals surface area contributed by atoms with E-state index in [1.54, 1.807) is 7.11 Å². The van der Waals surface area contributed by atoms with Crippen LogP contribution in [0.25, 0.3) is 16.6 Å². The summed E-state index contributed by atoms with van der Waals surface area (Å²) in [5.41, 5.74) is 2.00. The lowest BCUT2D eigenvalue weighted by Crippen LogP contribution is -1.99. The molecule has 4 heteroatoms. The molecular formula is C14H11BrN2O. The van der Waals surface area contributed by atoms with Crippen LogP contribution in [-0.4, -0.2) is 16.9 Å². The van der Waals surface area contributed by atoms with Gasteiger partial charge in [-0.05, 0) is 30.3 Å². The number of hydrogen-bond donors (Lipinski definition) is 0. The standard InChI is InChI=1S/C14H11BrN2O/c1-18-14-5-3-2-4-13(14)17-12-7-6-11(15)8-10(12)9-16-17/h2-9H,1H3. The maximum Gasteiger partial charge on any atom is 0.144 e. The summed E-state index contributed by atoms with van der Waals surface area (Å²) in [6.07, 6.45) is 1.85. The van der Waals surface area contributed by atoms with Crippen molar-refractivity contribution in [3.05, 3.63) is 53.1 Å². The summed E-state index contributed by atoms with van der Waals surface area (Å²) in [7, 11) is 1.67. The molecule has 0 radical (unpaired) electrons. The van der Waals surface area contributed by atoms with Crippen LogP contribution >= 0.6 is 15.9 Å². The van der Waals surface area contributed by atoms with Gasteiger partial charge in [-0.15, -0.1) is 0 Å². The zero-order valence-electron chi connectivity index (χ0n) is 9.80. The highest BCUT2D eigenvalue weighted by molar-refractivity contribution is 9.10. The lowest BCUT2D eigenvalue weighted by Gasteiger charge is -2.08. The van der Waals surface area contributed by atoms with E-state index in [9.17, 15) is 0 Å². The molecule has 1 aromatic heterocycles. The Hall–Kier alpha value is -1.81. The molecule has 0 atom stereocenters. The number of nitrogens with zero attached hydrogens (tertiary/aromatic N) is 2. The summed E-state index contributed by atoms with van der Waals surface area (Å²) < 4.78 is 8.31. The van der Waals surface area contributed by atoms with E-state index in [1.165, 1.54) is 0 Å². The molecule has 2 aromatic carbocycles. The number of benzene rings is 2. The van der Waals surface area contributed by atoms with Gasteiger partial charge in [0.15, 0.2) is 0 Å². The summed E-state index contributed by atoms with van der Waals surface area (Å²) in [4.78, 5) is 0. The highest BCUT2D eigenvalue weighted by Crippen LogP contribution is 2.27. The van der Waals surface area contributed by atoms with Crippen LogP contribution in [0.4, 0.5) is 0 Å². The maximum absolute atomic E-state index is 5.37. The first-order chi connectivity index (χ1) is 8.79. The lowest BCUT2D eigenvalue weighted by molar-refractivity contribution is 0.412. The van der Waals surface area contributed by atoms with Crippen LogP contribution in [0.3, 0.4) is 0 Å². The molecule has 0 fully saturated rings. The molecule has 0 amide bonds. The third-order valence-electron chi connectivity index (χ3n) is 2.84. The first-order valence-corrected chi connectivity index (χ1v) is 6.35. The average Bonchev–Trinajstić information content (AvgIpc) is 2.81. The van der Waals surface area contributed by atoms with E-state index in [-0.39, 0.29) is 0 Å². The molecule has 0 spiro atoms. The third kappa shape index (κ3) is 1.78. The van der Waals surface area contributed by atoms with Gasteiger partial charge in [0.25, 0.3) is 0 Å². The number of ether oxygens (including phenoxy) is 1. The molecular weight excluding hydrogens is 292 g/mol. The van der Waals surface area contributed by atoms with Gasteiger partial charge in [-0.25, -0.2) is 4.68 Å². The van der Waals surface area contributed by atoms with E-state index in [2.05, 4.69) is 21.0 Å². The number of hydrogen-bond acceptors (Lipinski definition) is 2. The second-order valence-corrected chi connectivity index (χ2v) is 4.85. The minimum absolute atomic E-state index is 0.811. The fourth-order valence-electron chi connectivity index (χ4n) is 2.00. The van der Waals surface area contributed by atoms with E-state index in [1.807, 2.05) is 53.3 Å². The first-order valence-electron chi connectivity index (χ1n) is 5.56. The largest absolute Gasteiger partial charge is 0.494 e. The Morgan fingerprint density at radius 3 is 2.83 bits per heavy atom. The molecule has 0 saturated heterocycles. The van der Waals surface area contributed by atoms with Crippen molar-refractivity contribution >= 4 is 26.8 Å². The predicted molar refractivity (Wildman–Crippen MR) is 75.3 cm³/mol. The van der Waals surface area contributed by atoms with Crippen LogP contribution in [0.2, 0.25) is 0 Å². The molecule has 3 rings (SSSR count). The topological polar surface area (TPSA) is 27.1 Å². The van der Waals surface area contributed by atoms with E-state index in [0.717, 1.165) is 26.8 Å². The van der Waals surface area contributed by atoms with Crippen molar-refractivity contribution in [2.75, 3.05) is 7.11 Å². The minimum atomic E-state index is 0.811. The fourth-order valence-corrected chi connectivity index (χ4v) is 2.38. The van der Waals surface area contributed by atoms with Crippen molar-refractivity contribution < 1.29 is 4.74 Å². The Labute approximate surface area is 113 Å². The molecule has 0 unspecified atom stereocenters. The average molecular weight is 303 g/mol. The number of aromatic nitrogens is 2. The van der Waals surface area contributed by atoms with E-state index in [4.69, 9.17) is 4.74 Å². The molecule has 0 aliphatic heterocycles. The molecule has 0 aliphatic rings. The molecule has 3 nitrogen and oxygen atoms in total. The van der Waals surface area contributed by atoms with Crippen LogP contribution in [0.1, 0.15) is 0 Å². The van der Waals surface area contributed by atoms with E-state index >= 15 is 0 Å². The van der Waals surface area contributed by atoms with Crippen molar-refractivity contribution in [2.24, 2.45) is 0 Å². The highest BCUT2D eigenvalue weighted by atomic mass is 79.9. The smallest absolute Gasteiger partial charge is 0.144 e. The van der Waals surface area contributed by atoms with Gasteiger partial charge >= 0.3 is 0 Å². The van der Waals surface area contributed by atoms with Gasteiger partial charge < -0.3 is 4.74 Å². The molecule has 0 aliphatic carbocycles. The quantitative estimate of drug-likeness (QED) is 0.720. The van der Waals surface area contributed by atoms with Gasteiger partial charge in [0.2, 0.25) is 0 Å². The second kappa shape index (κ2) is 4.46. The molecule has 18 heavy (non-hydrogen) atoms. The van der Waals surface area contributed by atoms with Gasteiger partial charge in [-0.2, -0.15) is 5.10 Å². The second-order valence-electron chi connectivity index (χ2n) is 3.93. The van der Waals surface area contributed by atoms with Gasteiger partial charge in [0.05, 0.1) is 18.8 Å². The lowest BCUT2D eigenvalue weighted by atomic mass is 10.2. The number of methoxy groups -OCH3 is 1. The van der Waals surface area contributed by atoms with Crippen molar-refractivity contribution in [1.82, 2.24) is 9.78 Å². The van der Waals surface area contributed by atoms with Crippen molar-refractivity contribution in [2.45, 2.75) is 0 Å². The first kappa shape index (κ1) is 11.3. The Balaban J connectivity index is 2.26. The number of fused-ring (bicyclic) bond motifs is 1. The fraction of sp³-hybridized carbons (Fsp3) is 0.0714. The van der Waals surface area contributed by atoms with Crippen LogP contribution in [0, 0.1) is 0 Å². The molecule has 90 valence electrons. The predicted octanol–water partition coefficient (Wildman–Crippen LogP) is 3.80. The Morgan fingerprint density at radius 1 is 1.17 bits per heavy atom. The molecule has 1 heterocycles. The van der Waals surface area contributed by atoms with Gasteiger partial charge in [-0.1, -0.05) is 28.1 Å². The molecule has 0 N–H and O–H groups in total. The SMILES string of the molecule is COc1ccccc1-n1ncc2cc(Br)ccc21. The van der Waals surface area contributed by atoms with Crippen LogP contribution in [0.15, 0.2) is 53.1 Å². The number of halogens is 1. The number of rotatable bonds is 2. The van der Waals surface area contributed by atoms with E-state index in [0.29, 0.717) is 0 Å². The Kier molecular flexibility index (Phi) is 2.80. The normalized spacial score (nSPS) is 10.8.